The van der Waals surface area contributed by atoms with Gasteiger partial charge in [-0.15, -0.1) is 0 Å². The predicted molar refractivity (Wildman–Crippen MR) is 110 cm³/mol. The van der Waals surface area contributed by atoms with Gasteiger partial charge in [0.15, 0.2) is 0 Å². The molecule has 1 N–H and O–H groups in total. The lowest BCUT2D eigenvalue weighted by molar-refractivity contribution is -0.135. The molecule has 156 valence electrons. The van der Waals surface area contributed by atoms with Gasteiger partial charge in [-0.05, 0) is 62.1 Å². The highest BCUT2D eigenvalue weighted by atomic mass is 35.5. The average Bonchev–Trinajstić information content (AvgIpc) is 2.61. The minimum Gasteiger partial charge on any atom is -0.326 e. The summed E-state index contributed by atoms with van der Waals surface area (Å²) < 4.78 is 28.8. The minimum atomic E-state index is -2.61. The fraction of sp³-hybridized carbons (Fsp3) is 0.682. The number of carbonyl (C=O) groups excluding carboxylic acids is 1. The summed E-state index contributed by atoms with van der Waals surface area (Å²) >= 11 is 5.97. The molecule has 1 spiro atoms. The molecule has 0 aromatic heterocycles. The summed E-state index contributed by atoms with van der Waals surface area (Å²) in [6, 6.07) is 7.16. The number of rotatable bonds is 7. The van der Waals surface area contributed by atoms with Gasteiger partial charge in [-0.1, -0.05) is 31.5 Å². The Morgan fingerprint density at radius 1 is 1.29 bits per heavy atom. The third kappa shape index (κ3) is 4.85. The van der Waals surface area contributed by atoms with Crippen molar-refractivity contribution in [3.05, 3.63) is 29.3 Å². The Kier molecular flexibility index (Phi) is 6.65. The van der Waals surface area contributed by atoms with Crippen molar-refractivity contribution in [1.82, 2.24) is 4.90 Å². The number of benzene rings is 1. The van der Waals surface area contributed by atoms with Crippen molar-refractivity contribution in [2.24, 2.45) is 17.3 Å². The van der Waals surface area contributed by atoms with E-state index in [0.29, 0.717) is 17.9 Å². The first-order chi connectivity index (χ1) is 13.3. The topological polar surface area (TPSA) is 32.3 Å². The number of likely N-dealkylation sites (tertiary alicyclic amines) is 1. The second-order valence-electron chi connectivity index (χ2n) is 8.69. The van der Waals surface area contributed by atoms with Crippen molar-refractivity contribution >= 4 is 23.2 Å². The molecule has 2 fully saturated rings. The fourth-order valence-electron chi connectivity index (χ4n) is 4.95. The second-order valence-corrected chi connectivity index (χ2v) is 9.13. The smallest absolute Gasteiger partial charge is 0.263 e. The van der Waals surface area contributed by atoms with Crippen LogP contribution in [0.4, 0.5) is 14.5 Å². The lowest BCUT2D eigenvalue weighted by Crippen LogP contribution is -2.60. The number of amides is 1. The van der Waals surface area contributed by atoms with Crippen LogP contribution >= 0.6 is 11.6 Å². The van der Waals surface area contributed by atoms with E-state index < -0.39 is 11.8 Å². The lowest BCUT2D eigenvalue weighted by Gasteiger charge is -2.54. The minimum absolute atomic E-state index is 0.00957. The summed E-state index contributed by atoms with van der Waals surface area (Å²) in [6.45, 7) is 5.04. The van der Waals surface area contributed by atoms with Crippen LogP contribution in [0.1, 0.15) is 52.4 Å². The molecule has 1 heterocycles. The quantitative estimate of drug-likeness (QED) is 0.609. The maximum Gasteiger partial charge on any atom is 0.263 e. The van der Waals surface area contributed by atoms with Crippen molar-refractivity contribution in [2.75, 3.05) is 25.0 Å². The standard InChI is InChI=1S/C22H31ClF2N2O/c1-3-17(4-2)22(24,25)15-27-13-21(14-27)10-8-16(9-11-21)20(28)26-19-7-5-6-18(23)12-19/h5-7,12,16-17H,3-4,8-11,13-15H2,1-2H3,(H,26,28). The summed E-state index contributed by atoms with van der Waals surface area (Å²) in [6.07, 6.45) is 4.56. The van der Waals surface area contributed by atoms with Crippen LogP contribution in [-0.4, -0.2) is 36.4 Å². The fourth-order valence-corrected chi connectivity index (χ4v) is 5.14. The van der Waals surface area contributed by atoms with E-state index in [1.165, 1.54) is 0 Å². The van der Waals surface area contributed by atoms with Crippen LogP contribution in [0.15, 0.2) is 24.3 Å². The molecule has 0 radical (unpaired) electrons. The molecule has 1 aromatic rings. The van der Waals surface area contributed by atoms with Crippen molar-refractivity contribution in [2.45, 2.75) is 58.3 Å². The Hall–Kier alpha value is -1.20. The first-order valence-corrected chi connectivity index (χ1v) is 10.8. The highest BCUT2D eigenvalue weighted by Crippen LogP contribution is 2.47. The van der Waals surface area contributed by atoms with E-state index in [1.807, 2.05) is 30.9 Å². The Morgan fingerprint density at radius 3 is 2.50 bits per heavy atom. The summed E-state index contributed by atoms with van der Waals surface area (Å²) in [4.78, 5) is 14.4. The van der Waals surface area contributed by atoms with E-state index in [-0.39, 0.29) is 23.8 Å². The van der Waals surface area contributed by atoms with Crippen LogP contribution in [-0.2, 0) is 4.79 Å². The Balaban J connectivity index is 1.45. The molecular weight excluding hydrogens is 382 g/mol. The lowest BCUT2D eigenvalue weighted by atomic mass is 9.65. The normalized spacial score (nSPS) is 20.4. The number of anilines is 1. The number of alkyl halides is 2. The SMILES string of the molecule is CCC(CC)C(F)(F)CN1CC2(CCC(C(=O)Nc3cccc(Cl)c3)CC2)C1. The third-order valence-corrected chi connectivity index (χ3v) is 6.88. The average molecular weight is 413 g/mol. The van der Waals surface area contributed by atoms with Crippen LogP contribution in [0.2, 0.25) is 5.02 Å². The molecule has 1 aromatic carbocycles. The van der Waals surface area contributed by atoms with Crippen molar-refractivity contribution in [1.29, 1.82) is 0 Å². The zero-order valence-corrected chi connectivity index (χ0v) is 17.6. The van der Waals surface area contributed by atoms with Gasteiger partial charge in [0.2, 0.25) is 5.91 Å². The van der Waals surface area contributed by atoms with Gasteiger partial charge < -0.3 is 5.32 Å². The second kappa shape index (κ2) is 8.66. The summed E-state index contributed by atoms with van der Waals surface area (Å²) in [5.74, 6) is -3.12. The van der Waals surface area contributed by atoms with Crippen molar-refractivity contribution in [3.8, 4) is 0 Å². The molecule has 6 heteroatoms. The van der Waals surface area contributed by atoms with E-state index in [9.17, 15) is 13.6 Å². The van der Waals surface area contributed by atoms with E-state index in [4.69, 9.17) is 11.6 Å². The third-order valence-electron chi connectivity index (χ3n) is 6.64. The van der Waals surface area contributed by atoms with Crippen LogP contribution in [0.3, 0.4) is 0 Å². The highest BCUT2D eigenvalue weighted by molar-refractivity contribution is 6.30. The predicted octanol–water partition coefficient (Wildman–Crippen LogP) is 5.84. The Labute approximate surface area is 171 Å². The Morgan fingerprint density at radius 2 is 1.93 bits per heavy atom. The van der Waals surface area contributed by atoms with Gasteiger partial charge in [-0.3, -0.25) is 9.69 Å². The molecule has 1 aliphatic carbocycles. The molecule has 3 rings (SSSR count). The van der Waals surface area contributed by atoms with Crippen molar-refractivity contribution in [3.63, 3.8) is 0 Å². The molecule has 2 aliphatic rings. The van der Waals surface area contributed by atoms with Gasteiger partial charge >= 0.3 is 0 Å². The zero-order chi connectivity index (χ0) is 20.4. The first-order valence-electron chi connectivity index (χ1n) is 10.4. The Bertz CT molecular complexity index is 677. The first kappa shape index (κ1) is 21.5. The van der Waals surface area contributed by atoms with Crippen LogP contribution in [0.25, 0.3) is 0 Å². The molecule has 28 heavy (non-hydrogen) atoms. The van der Waals surface area contributed by atoms with E-state index in [2.05, 4.69) is 5.32 Å². The number of carbonyl (C=O) groups is 1. The largest absolute Gasteiger partial charge is 0.326 e. The number of hydrogen-bond acceptors (Lipinski definition) is 2. The van der Waals surface area contributed by atoms with Gasteiger partial charge in [0.25, 0.3) is 5.92 Å². The molecule has 3 nitrogen and oxygen atoms in total. The monoisotopic (exact) mass is 412 g/mol. The number of halogens is 3. The molecule has 0 unspecified atom stereocenters. The zero-order valence-electron chi connectivity index (χ0n) is 16.8. The van der Waals surface area contributed by atoms with Gasteiger partial charge in [-0.2, -0.15) is 0 Å². The summed E-state index contributed by atoms with van der Waals surface area (Å²) in [7, 11) is 0. The molecular formula is C22H31ClF2N2O. The molecule has 0 atom stereocenters. The molecule has 1 amide bonds. The number of nitrogens with zero attached hydrogens (tertiary/aromatic N) is 1. The highest BCUT2D eigenvalue weighted by Gasteiger charge is 2.49. The number of nitrogens with one attached hydrogen (secondary N) is 1. The molecule has 1 aliphatic heterocycles. The van der Waals surface area contributed by atoms with Gasteiger partial charge in [-0.25, -0.2) is 8.78 Å². The van der Waals surface area contributed by atoms with Gasteiger partial charge in [0.05, 0.1) is 6.54 Å². The van der Waals surface area contributed by atoms with E-state index in [1.54, 1.807) is 12.1 Å². The number of hydrogen-bond donors (Lipinski definition) is 1. The summed E-state index contributed by atoms with van der Waals surface area (Å²) in [5.41, 5.74) is 0.854. The van der Waals surface area contributed by atoms with E-state index >= 15 is 0 Å². The van der Waals surface area contributed by atoms with Crippen LogP contribution in [0, 0.1) is 17.3 Å². The molecule has 1 saturated heterocycles. The van der Waals surface area contributed by atoms with E-state index in [0.717, 1.165) is 44.5 Å². The maximum absolute atomic E-state index is 14.4. The van der Waals surface area contributed by atoms with Gasteiger partial charge in [0, 0.05) is 35.6 Å². The summed E-state index contributed by atoms with van der Waals surface area (Å²) in [5, 5.41) is 3.55. The van der Waals surface area contributed by atoms with Crippen molar-refractivity contribution < 1.29 is 13.6 Å². The molecule has 0 bridgehead atoms. The maximum atomic E-state index is 14.4. The molecule has 1 saturated carbocycles. The van der Waals surface area contributed by atoms with Crippen LogP contribution < -0.4 is 5.32 Å². The van der Waals surface area contributed by atoms with Gasteiger partial charge in [0.1, 0.15) is 0 Å². The van der Waals surface area contributed by atoms with Crippen LogP contribution in [0.5, 0.6) is 0 Å².